The smallest absolute Gasteiger partial charge is 0.191 e. The van der Waals surface area contributed by atoms with Gasteiger partial charge in [-0.1, -0.05) is 38.1 Å². The third-order valence-corrected chi connectivity index (χ3v) is 6.39. The van der Waals surface area contributed by atoms with Crippen molar-refractivity contribution in [3.05, 3.63) is 35.4 Å². The molecule has 1 saturated heterocycles. The molecule has 1 aromatic rings. The van der Waals surface area contributed by atoms with Gasteiger partial charge in [0.2, 0.25) is 0 Å². The molecule has 0 aromatic heterocycles. The lowest BCUT2D eigenvalue weighted by Gasteiger charge is -2.54. The molecular formula is C20H30IN3O. The summed E-state index contributed by atoms with van der Waals surface area (Å²) in [5.41, 5.74) is 3.20. The number of benzene rings is 1. The quantitative estimate of drug-likeness (QED) is 0.418. The normalized spacial score (nSPS) is 32.2. The van der Waals surface area contributed by atoms with E-state index in [-0.39, 0.29) is 29.4 Å². The summed E-state index contributed by atoms with van der Waals surface area (Å²) in [5.74, 6) is 2.16. The largest absolute Gasteiger partial charge is 0.377 e. The fraction of sp³-hybridized carbons (Fsp3) is 0.650. The lowest BCUT2D eigenvalue weighted by atomic mass is 9.57. The lowest BCUT2D eigenvalue weighted by Crippen LogP contribution is -2.68. The van der Waals surface area contributed by atoms with Gasteiger partial charge in [-0.25, -0.2) is 0 Å². The molecule has 2 N–H and O–H groups in total. The zero-order chi connectivity index (χ0) is 16.7. The summed E-state index contributed by atoms with van der Waals surface area (Å²) >= 11 is 0. The van der Waals surface area contributed by atoms with E-state index in [4.69, 9.17) is 4.74 Å². The van der Waals surface area contributed by atoms with Gasteiger partial charge in [-0.05, 0) is 30.4 Å². The van der Waals surface area contributed by atoms with E-state index in [0.29, 0.717) is 24.0 Å². The fourth-order valence-electron chi connectivity index (χ4n) is 5.04. The minimum absolute atomic E-state index is 0. The van der Waals surface area contributed by atoms with Crippen LogP contribution in [0, 0.1) is 11.3 Å². The van der Waals surface area contributed by atoms with Crippen molar-refractivity contribution in [1.29, 1.82) is 0 Å². The first kappa shape index (κ1) is 19.0. The maximum Gasteiger partial charge on any atom is 0.191 e. The minimum atomic E-state index is 0. The van der Waals surface area contributed by atoms with Gasteiger partial charge in [-0.15, -0.1) is 24.0 Å². The van der Waals surface area contributed by atoms with E-state index in [1.54, 1.807) is 0 Å². The summed E-state index contributed by atoms with van der Waals surface area (Å²) in [4.78, 5) is 4.46. The van der Waals surface area contributed by atoms with Crippen LogP contribution in [0.4, 0.5) is 0 Å². The molecule has 1 heterocycles. The predicted octanol–water partition coefficient (Wildman–Crippen LogP) is 3.31. The number of ether oxygens (including phenoxy) is 1. The molecule has 4 unspecified atom stereocenters. The van der Waals surface area contributed by atoms with Gasteiger partial charge in [0.15, 0.2) is 5.96 Å². The summed E-state index contributed by atoms with van der Waals surface area (Å²) in [7, 11) is 1.87. The van der Waals surface area contributed by atoms with Crippen molar-refractivity contribution in [1.82, 2.24) is 10.6 Å². The molecule has 4 atom stereocenters. The Morgan fingerprint density at radius 2 is 2.08 bits per heavy atom. The maximum absolute atomic E-state index is 5.89. The summed E-state index contributed by atoms with van der Waals surface area (Å²) in [6.45, 7) is 6.46. The lowest BCUT2D eigenvalue weighted by molar-refractivity contribution is -0.106. The molecular weight excluding hydrogens is 425 g/mol. The van der Waals surface area contributed by atoms with Gasteiger partial charge in [0.25, 0.3) is 0 Å². The number of halogens is 1. The molecule has 1 saturated carbocycles. The van der Waals surface area contributed by atoms with E-state index in [0.717, 1.165) is 19.1 Å². The van der Waals surface area contributed by atoms with Crippen LogP contribution in [0.2, 0.25) is 0 Å². The molecule has 1 aromatic carbocycles. The Hall–Kier alpha value is -0.820. The Bertz CT molecular complexity index is 646. The van der Waals surface area contributed by atoms with Crippen LogP contribution in [0.3, 0.4) is 0 Å². The fourth-order valence-corrected chi connectivity index (χ4v) is 5.04. The van der Waals surface area contributed by atoms with Gasteiger partial charge in [-0.2, -0.15) is 0 Å². The highest BCUT2D eigenvalue weighted by molar-refractivity contribution is 14.0. The highest BCUT2D eigenvalue weighted by Crippen LogP contribution is 2.52. The van der Waals surface area contributed by atoms with Crippen molar-refractivity contribution in [3.63, 3.8) is 0 Å². The number of nitrogens with zero attached hydrogens (tertiary/aromatic N) is 1. The summed E-state index contributed by atoms with van der Waals surface area (Å²) in [5, 5.41) is 7.24. The zero-order valence-corrected chi connectivity index (χ0v) is 17.7. The van der Waals surface area contributed by atoms with Crippen molar-refractivity contribution < 1.29 is 4.74 Å². The van der Waals surface area contributed by atoms with Crippen molar-refractivity contribution in [2.75, 3.05) is 20.2 Å². The molecule has 0 spiro atoms. The van der Waals surface area contributed by atoms with E-state index in [2.05, 4.69) is 53.7 Å². The van der Waals surface area contributed by atoms with Crippen molar-refractivity contribution in [2.45, 2.75) is 51.2 Å². The second kappa shape index (κ2) is 7.43. The number of aliphatic imine (C=N–C) groups is 1. The number of hydrogen-bond donors (Lipinski definition) is 2. The van der Waals surface area contributed by atoms with Gasteiger partial charge in [0.05, 0.1) is 6.10 Å². The Balaban J connectivity index is 0.00000182. The molecule has 2 aliphatic carbocycles. The summed E-state index contributed by atoms with van der Waals surface area (Å²) in [6.07, 6.45) is 4.01. The van der Waals surface area contributed by atoms with Crippen molar-refractivity contribution in [2.24, 2.45) is 16.3 Å². The van der Waals surface area contributed by atoms with Gasteiger partial charge in [-0.3, -0.25) is 4.99 Å². The van der Waals surface area contributed by atoms with Crippen LogP contribution in [0.1, 0.15) is 43.7 Å². The molecule has 4 rings (SSSR count). The van der Waals surface area contributed by atoms with E-state index in [9.17, 15) is 0 Å². The summed E-state index contributed by atoms with van der Waals surface area (Å²) in [6, 6.07) is 9.29. The predicted molar refractivity (Wildman–Crippen MR) is 113 cm³/mol. The Morgan fingerprint density at radius 3 is 2.88 bits per heavy atom. The minimum Gasteiger partial charge on any atom is -0.377 e. The molecule has 25 heavy (non-hydrogen) atoms. The third-order valence-electron chi connectivity index (χ3n) is 6.39. The van der Waals surface area contributed by atoms with Crippen LogP contribution in [0.5, 0.6) is 0 Å². The summed E-state index contributed by atoms with van der Waals surface area (Å²) < 4.78 is 5.89. The molecule has 3 aliphatic rings. The number of guanidine groups is 1. The van der Waals surface area contributed by atoms with Crippen LogP contribution in [-0.2, 0) is 11.2 Å². The van der Waals surface area contributed by atoms with Crippen LogP contribution >= 0.6 is 24.0 Å². The number of rotatable bonds is 3. The molecule has 2 fully saturated rings. The van der Waals surface area contributed by atoms with Crippen LogP contribution in [-0.4, -0.2) is 38.3 Å². The third kappa shape index (κ3) is 3.29. The molecule has 1 aliphatic heterocycles. The van der Waals surface area contributed by atoms with Crippen molar-refractivity contribution >= 4 is 29.9 Å². The second-order valence-electron chi connectivity index (χ2n) is 8.07. The van der Waals surface area contributed by atoms with Gasteiger partial charge >= 0.3 is 0 Å². The molecule has 5 heteroatoms. The van der Waals surface area contributed by atoms with E-state index >= 15 is 0 Å². The maximum atomic E-state index is 5.89. The zero-order valence-electron chi connectivity index (χ0n) is 15.4. The molecule has 138 valence electrons. The average Bonchev–Trinajstić information content (AvgIpc) is 3.21. The Morgan fingerprint density at radius 1 is 1.28 bits per heavy atom. The van der Waals surface area contributed by atoms with E-state index in [1.165, 1.54) is 30.4 Å². The van der Waals surface area contributed by atoms with E-state index < -0.39 is 0 Å². The highest BCUT2D eigenvalue weighted by atomic mass is 127. The second-order valence-corrected chi connectivity index (χ2v) is 8.07. The monoisotopic (exact) mass is 455 g/mol. The van der Waals surface area contributed by atoms with Gasteiger partial charge in [0.1, 0.15) is 0 Å². The number of aryl methyl sites for hydroxylation is 1. The van der Waals surface area contributed by atoms with E-state index in [1.807, 2.05) is 7.05 Å². The number of fused-ring (bicyclic) bond motifs is 2. The van der Waals surface area contributed by atoms with Gasteiger partial charge in [0, 0.05) is 43.5 Å². The molecule has 0 radical (unpaired) electrons. The van der Waals surface area contributed by atoms with Crippen molar-refractivity contribution in [3.8, 4) is 0 Å². The van der Waals surface area contributed by atoms with Crippen LogP contribution < -0.4 is 10.6 Å². The van der Waals surface area contributed by atoms with Crippen LogP contribution in [0.25, 0.3) is 0 Å². The molecule has 4 nitrogen and oxygen atoms in total. The Kier molecular flexibility index (Phi) is 5.63. The molecule has 0 bridgehead atoms. The first-order chi connectivity index (χ1) is 11.6. The first-order valence-corrected chi connectivity index (χ1v) is 9.28. The number of hydrogen-bond acceptors (Lipinski definition) is 2. The van der Waals surface area contributed by atoms with Gasteiger partial charge < -0.3 is 15.4 Å². The first-order valence-electron chi connectivity index (χ1n) is 9.28. The molecule has 0 amide bonds. The Labute approximate surface area is 168 Å². The van der Waals surface area contributed by atoms with Crippen LogP contribution in [0.15, 0.2) is 29.3 Å². The standard InChI is InChI=1S/C20H29N3O.HI/c1-20(2)17(16-10-11-24-18(16)20)23-19(21-3)22-12-14-9-8-13-6-4-5-7-15(13)14;/h4-7,14,16-18H,8-12H2,1-3H3,(H2,21,22,23);1H. The average molecular weight is 455 g/mol. The SMILES string of the molecule is CN=C(NCC1CCc2ccccc21)NC1C2CCOC2C1(C)C.I. The number of nitrogens with one attached hydrogen (secondary N) is 2. The topological polar surface area (TPSA) is 45.7 Å². The highest BCUT2D eigenvalue weighted by Gasteiger charge is 2.59.